The van der Waals surface area contributed by atoms with Gasteiger partial charge >= 0.3 is 0 Å². The number of amides is 2. The number of anilines is 2. The Morgan fingerprint density at radius 3 is 2.88 bits per heavy atom. The molecule has 0 radical (unpaired) electrons. The van der Waals surface area contributed by atoms with Gasteiger partial charge in [0, 0.05) is 40.8 Å². The number of hydrogen-bond donors (Lipinski definition) is 1. The Morgan fingerprint density at radius 1 is 1.44 bits per heavy atom. The Bertz CT molecular complexity index is 459. The van der Waals surface area contributed by atoms with Crippen LogP contribution in [0, 0.1) is 0 Å². The van der Waals surface area contributed by atoms with Crippen LogP contribution in [0.5, 0.6) is 0 Å². The molecule has 2 rings (SSSR count). The van der Waals surface area contributed by atoms with E-state index in [1.807, 2.05) is 18.2 Å². The number of rotatable bonds is 1. The van der Waals surface area contributed by atoms with Gasteiger partial charge in [-0.15, -0.1) is 0 Å². The van der Waals surface area contributed by atoms with Crippen molar-refractivity contribution in [2.75, 3.05) is 17.3 Å². The van der Waals surface area contributed by atoms with Crippen LogP contribution in [-0.4, -0.2) is 17.8 Å². The molecule has 0 saturated heterocycles. The van der Waals surface area contributed by atoms with Gasteiger partial charge in [0.25, 0.3) is 4.82 Å². The lowest BCUT2D eigenvalue weighted by molar-refractivity contribution is -0.116. The maximum absolute atomic E-state index is 11.2. The third-order valence-corrected chi connectivity index (χ3v) is 3.17. The Kier molecular flexibility index (Phi) is 2.96. The molecule has 16 heavy (non-hydrogen) atoms. The number of fused-ring (bicyclic) bond motifs is 1. The fourth-order valence-electron chi connectivity index (χ4n) is 1.68. The number of halogens is 1. The Hall–Kier alpha value is -1.36. The van der Waals surface area contributed by atoms with Crippen LogP contribution in [0.4, 0.5) is 16.2 Å². The molecule has 4 nitrogen and oxygen atoms in total. The van der Waals surface area contributed by atoms with E-state index < -0.39 is 0 Å². The maximum Gasteiger partial charge on any atom is 0.293 e. The first-order valence-electron chi connectivity index (χ1n) is 4.94. The van der Waals surface area contributed by atoms with Gasteiger partial charge in [0.2, 0.25) is 5.91 Å². The highest BCUT2D eigenvalue weighted by Gasteiger charge is 2.16. The molecule has 1 aliphatic heterocycles. The molecule has 0 aromatic heterocycles. The monoisotopic (exact) mass is 282 g/mol. The van der Waals surface area contributed by atoms with Gasteiger partial charge in [0.1, 0.15) is 0 Å². The van der Waals surface area contributed by atoms with Gasteiger partial charge in [0.15, 0.2) is 0 Å². The van der Waals surface area contributed by atoms with E-state index in [0.29, 0.717) is 6.42 Å². The largest absolute Gasteiger partial charge is 0.326 e. The van der Waals surface area contributed by atoms with Gasteiger partial charge in [-0.2, -0.15) is 0 Å². The topological polar surface area (TPSA) is 49.4 Å². The molecule has 1 aromatic rings. The average Bonchev–Trinajstić information content (AvgIpc) is 2.27. The molecular weight excluding hydrogens is 272 g/mol. The first kappa shape index (κ1) is 11.1. The van der Waals surface area contributed by atoms with Crippen LogP contribution in [0.15, 0.2) is 18.2 Å². The first-order chi connectivity index (χ1) is 7.58. The molecule has 0 unspecified atom stereocenters. The summed E-state index contributed by atoms with van der Waals surface area (Å²) in [5.41, 5.74) is 2.73. The average molecular weight is 283 g/mol. The molecule has 5 heteroatoms. The smallest absolute Gasteiger partial charge is 0.293 e. The number of nitrogens with zero attached hydrogens (tertiary/aromatic N) is 1. The van der Waals surface area contributed by atoms with E-state index in [4.69, 9.17) is 0 Å². The fourth-order valence-corrected chi connectivity index (χ4v) is 1.88. The van der Waals surface area contributed by atoms with Crippen molar-refractivity contribution in [3.63, 3.8) is 0 Å². The van der Waals surface area contributed by atoms with Crippen molar-refractivity contribution in [1.82, 2.24) is 0 Å². The van der Waals surface area contributed by atoms with Gasteiger partial charge in [0.05, 0.1) is 0 Å². The molecule has 0 spiro atoms. The van der Waals surface area contributed by atoms with Gasteiger partial charge in [-0.3, -0.25) is 9.59 Å². The highest BCUT2D eigenvalue weighted by Crippen LogP contribution is 2.27. The lowest BCUT2D eigenvalue weighted by atomic mass is 10.0. The van der Waals surface area contributed by atoms with Gasteiger partial charge in [-0.05, 0) is 30.2 Å². The highest BCUT2D eigenvalue weighted by molar-refractivity contribution is 9.18. The van der Waals surface area contributed by atoms with E-state index in [1.165, 1.54) is 4.90 Å². The van der Waals surface area contributed by atoms with Crippen LogP contribution in [-0.2, 0) is 11.2 Å². The van der Waals surface area contributed by atoms with Crippen LogP contribution < -0.4 is 10.2 Å². The predicted molar refractivity (Wildman–Crippen MR) is 66.1 cm³/mol. The normalized spacial score (nSPS) is 14.0. The summed E-state index contributed by atoms with van der Waals surface area (Å²) < 4.78 is 0. The molecule has 1 aliphatic rings. The van der Waals surface area contributed by atoms with Gasteiger partial charge in [-0.25, -0.2) is 0 Å². The van der Waals surface area contributed by atoms with Crippen molar-refractivity contribution in [1.29, 1.82) is 0 Å². The Morgan fingerprint density at radius 2 is 2.19 bits per heavy atom. The summed E-state index contributed by atoms with van der Waals surface area (Å²) in [5, 5.41) is 2.80. The lowest BCUT2D eigenvalue weighted by Crippen LogP contribution is -2.22. The number of hydrogen-bond acceptors (Lipinski definition) is 2. The molecule has 0 atom stereocenters. The first-order valence-corrected chi connectivity index (χ1v) is 5.73. The van der Waals surface area contributed by atoms with Crippen LogP contribution in [0.25, 0.3) is 0 Å². The molecule has 1 aromatic carbocycles. The number of carbonyl (C=O) groups excluding carboxylic acids is 2. The minimum Gasteiger partial charge on any atom is -0.326 e. The summed E-state index contributed by atoms with van der Waals surface area (Å²) in [6, 6.07) is 5.56. The molecule has 0 bridgehead atoms. The Labute approximate surface area is 102 Å². The van der Waals surface area contributed by atoms with Crippen LogP contribution in [0.1, 0.15) is 12.0 Å². The summed E-state index contributed by atoms with van der Waals surface area (Å²) in [5.74, 6) is 0.0465. The second-order valence-electron chi connectivity index (χ2n) is 3.70. The van der Waals surface area contributed by atoms with E-state index in [-0.39, 0.29) is 10.7 Å². The molecule has 84 valence electrons. The minimum absolute atomic E-state index is 0.0465. The molecular formula is C11H11BrN2O2. The van der Waals surface area contributed by atoms with Crippen molar-refractivity contribution in [3.05, 3.63) is 23.8 Å². The fraction of sp³-hybridized carbons (Fsp3) is 0.273. The maximum atomic E-state index is 11.2. The third-order valence-electron chi connectivity index (χ3n) is 2.64. The van der Waals surface area contributed by atoms with Gasteiger partial charge in [-0.1, -0.05) is 0 Å². The van der Waals surface area contributed by atoms with E-state index in [0.717, 1.165) is 23.4 Å². The summed E-state index contributed by atoms with van der Waals surface area (Å²) >= 11 is 2.90. The number of aryl methyl sites for hydroxylation is 1. The standard InChI is InChI=1S/C11H11BrN2O2/c1-14(11(12)16)8-3-4-9-7(6-8)2-5-10(15)13-9/h3-4,6H,2,5H2,1H3,(H,13,15). The lowest BCUT2D eigenvalue weighted by Gasteiger charge is -2.20. The summed E-state index contributed by atoms with van der Waals surface area (Å²) in [7, 11) is 1.69. The number of carbonyl (C=O) groups is 2. The zero-order chi connectivity index (χ0) is 11.7. The molecule has 1 heterocycles. The quantitative estimate of drug-likeness (QED) is 0.636. The Balaban J connectivity index is 2.33. The molecule has 2 amide bonds. The van der Waals surface area contributed by atoms with Crippen molar-refractivity contribution in [2.45, 2.75) is 12.8 Å². The second-order valence-corrected chi connectivity index (χ2v) is 4.38. The second kappa shape index (κ2) is 4.25. The van der Waals surface area contributed by atoms with E-state index in [1.54, 1.807) is 7.05 Å². The summed E-state index contributed by atoms with van der Waals surface area (Å²) in [6.45, 7) is 0. The van der Waals surface area contributed by atoms with Crippen molar-refractivity contribution < 1.29 is 9.59 Å². The zero-order valence-electron chi connectivity index (χ0n) is 8.79. The predicted octanol–water partition coefficient (Wildman–Crippen LogP) is 2.52. The van der Waals surface area contributed by atoms with Crippen molar-refractivity contribution >= 4 is 38.0 Å². The molecule has 1 N–H and O–H groups in total. The summed E-state index contributed by atoms with van der Waals surface area (Å²) in [6.07, 6.45) is 1.22. The minimum atomic E-state index is -0.188. The molecule has 0 aliphatic carbocycles. The van der Waals surface area contributed by atoms with Crippen molar-refractivity contribution in [2.24, 2.45) is 0 Å². The van der Waals surface area contributed by atoms with E-state index >= 15 is 0 Å². The SMILES string of the molecule is CN(C(=O)Br)c1ccc2c(c1)CCC(=O)N2. The van der Waals surface area contributed by atoms with Crippen LogP contribution >= 0.6 is 15.9 Å². The van der Waals surface area contributed by atoms with Crippen LogP contribution in [0.2, 0.25) is 0 Å². The number of nitrogens with one attached hydrogen (secondary N) is 1. The molecule has 0 fully saturated rings. The van der Waals surface area contributed by atoms with Crippen molar-refractivity contribution in [3.8, 4) is 0 Å². The van der Waals surface area contributed by atoms with E-state index in [9.17, 15) is 9.59 Å². The highest BCUT2D eigenvalue weighted by atomic mass is 79.9. The number of benzene rings is 1. The van der Waals surface area contributed by atoms with E-state index in [2.05, 4.69) is 21.2 Å². The molecule has 0 saturated carbocycles. The van der Waals surface area contributed by atoms with Gasteiger partial charge < -0.3 is 10.2 Å². The zero-order valence-corrected chi connectivity index (χ0v) is 10.4. The van der Waals surface area contributed by atoms with Crippen LogP contribution in [0.3, 0.4) is 0 Å². The summed E-state index contributed by atoms with van der Waals surface area (Å²) in [4.78, 5) is 23.6. The third kappa shape index (κ3) is 2.09.